The number of benzene rings is 2. The molecule has 0 aliphatic carbocycles. The van der Waals surface area contributed by atoms with Gasteiger partial charge in [-0.3, -0.25) is 9.59 Å². The molecule has 7 nitrogen and oxygen atoms in total. The van der Waals surface area contributed by atoms with Gasteiger partial charge in [0.05, 0.1) is 11.7 Å². The van der Waals surface area contributed by atoms with Gasteiger partial charge in [0, 0.05) is 37.7 Å². The van der Waals surface area contributed by atoms with E-state index < -0.39 is 0 Å². The summed E-state index contributed by atoms with van der Waals surface area (Å²) in [7, 11) is 0. The van der Waals surface area contributed by atoms with Crippen LogP contribution in [0, 0.1) is 5.92 Å². The van der Waals surface area contributed by atoms with E-state index >= 15 is 0 Å². The Bertz CT molecular complexity index is 1140. The maximum absolute atomic E-state index is 13.4. The Labute approximate surface area is 213 Å². The summed E-state index contributed by atoms with van der Waals surface area (Å²) in [6, 6.07) is 23.7. The molecule has 0 bridgehead atoms. The van der Waals surface area contributed by atoms with E-state index in [1.807, 2.05) is 98.5 Å². The molecule has 3 aromatic rings. The predicted octanol–water partition coefficient (Wildman–Crippen LogP) is 4.43. The second-order valence-electron chi connectivity index (χ2n) is 9.57. The first-order valence-electron chi connectivity index (χ1n) is 12.7. The highest BCUT2D eigenvalue weighted by Gasteiger charge is 2.28. The van der Waals surface area contributed by atoms with E-state index in [0.29, 0.717) is 19.6 Å². The molecule has 2 heterocycles. The smallest absolute Gasteiger partial charge is 0.242 e. The van der Waals surface area contributed by atoms with E-state index in [0.717, 1.165) is 35.6 Å². The molecule has 0 radical (unpaired) electrons. The zero-order valence-corrected chi connectivity index (χ0v) is 21.4. The molecule has 4 rings (SSSR count). The standard InChI is InChI=1S/C29H35N5O2/c1-22(2)29(36)34(23(3)24-11-6-4-7-12-24)21-28(35)33-18-10-17-32(19-20-33)27-16-15-26(30-31-27)25-13-8-5-9-14-25/h4-9,11-16,22-23H,10,17-21H2,1-3H3/t23-/m0/s1. The van der Waals surface area contributed by atoms with Gasteiger partial charge in [0.1, 0.15) is 6.54 Å². The van der Waals surface area contributed by atoms with E-state index in [2.05, 4.69) is 15.1 Å². The highest BCUT2D eigenvalue weighted by molar-refractivity contribution is 5.86. The zero-order valence-electron chi connectivity index (χ0n) is 21.4. The Morgan fingerprint density at radius 2 is 1.53 bits per heavy atom. The van der Waals surface area contributed by atoms with Crippen LogP contribution < -0.4 is 4.90 Å². The maximum atomic E-state index is 13.4. The summed E-state index contributed by atoms with van der Waals surface area (Å²) in [4.78, 5) is 32.2. The minimum atomic E-state index is -0.180. The number of carbonyl (C=O) groups excluding carboxylic acids is 2. The SMILES string of the molecule is CC(C)C(=O)N(CC(=O)N1CCCN(c2ccc(-c3ccccc3)nn2)CC1)[C@@H](C)c1ccccc1. The fourth-order valence-corrected chi connectivity index (χ4v) is 4.55. The summed E-state index contributed by atoms with van der Waals surface area (Å²) >= 11 is 0. The van der Waals surface area contributed by atoms with Crippen molar-refractivity contribution in [2.75, 3.05) is 37.6 Å². The average Bonchev–Trinajstić information content (AvgIpc) is 3.18. The van der Waals surface area contributed by atoms with Crippen molar-refractivity contribution in [2.24, 2.45) is 5.92 Å². The third-order valence-electron chi connectivity index (χ3n) is 6.72. The topological polar surface area (TPSA) is 69.6 Å². The van der Waals surface area contributed by atoms with Crippen molar-refractivity contribution < 1.29 is 9.59 Å². The molecule has 1 aliphatic heterocycles. The minimum absolute atomic E-state index is 0.00932. The van der Waals surface area contributed by atoms with Gasteiger partial charge in [-0.05, 0) is 31.0 Å². The van der Waals surface area contributed by atoms with Crippen molar-refractivity contribution in [2.45, 2.75) is 33.2 Å². The van der Waals surface area contributed by atoms with Crippen molar-refractivity contribution in [1.82, 2.24) is 20.0 Å². The van der Waals surface area contributed by atoms with Gasteiger partial charge in [-0.1, -0.05) is 74.5 Å². The van der Waals surface area contributed by atoms with E-state index in [-0.39, 0.29) is 30.3 Å². The van der Waals surface area contributed by atoms with Crippen LogP contribution in [0.15, 0.2) is 72.8 Å². The fourth-order valence-electron chi connectivity index (χ4n) is 4.55. The molecule has 2 aromatic carbocycles. The monoisotopic (exact) mass is 485 g/mol. The molecular formula is C29H35N5O2. The summed E-state index contributed by atoms with van der Waals surface area (Å²) in [6.07, 6.45) is 0.834. The molecule has 1 fully saturated rings. The number of aromatic nitrogens is 2. The number of hydrogen-bond donors (Lipinski definition) is 0. The van der Waals surface area contributed by atoms with Crippen LogP contribution in [0.3, 0.4) is 0 Å². The first-order valence-corrected chi connectivity index (χ1v) is 12.7. The van der Waals surface area contributed by atoms with E-state index in [4.69, 9.17) is 0 Å². The third kappa shape index (κ3) is 6.08. The molecule has 7 heteroatoms. The number of rotatable bonds is 7. The lowest BCUT2D eigenvalue weighted by atomic mass is 10.0. The highest BCUT2D eigenvalue weighted by Crippen LogP contribution is 2.23. The molecule has 188 valence electrons. The fraction of sp³-hybridized carbons (Fsp3) is 0.379. The van der Waals surface area contributed by atoms with E-state index in [9.17, 15) is 9.59 Å². The number of carbonyl (C=O) groups is 2. The molecular weight excluding hydrogens is 450 g/mol. The molecule has 36 heavy (non-hydrogen) atoms. The zero-order chi connectivity index (χ0) is 25.5. The Morgan fingerprint density at radius 3 is 2.17 bits per heavy atom. The quantitative estimate of drug-likeness (QED) is 0.495. The molecule has 2 amide bonds. The van der Waals surface area contributed by atoms with Gasteiger partial charge in [0.15, 0.2) is 5.82 Å². The van der Waals surface area contributed by atoms with Gasteiger partial charge in [0.2, 0.25) is 11.8 Å². The molecule has 1 aliphatic rings. The molecule has 0 N–H and O–H groups in total. The Balaban J connectivity index is 1.40. The average molecular weight is 486 g/mol. The lowest BCUT2D eigenvalue weighted by Gasteiger charge is -2.32. The van der Waals surface area contributed by atoms with Crippen molar-refractivity contribution >= 4 is 17.6 Å². The van der Waals surface area contributed by atoms with Crippen LogP contribution >= 0.6 is 0 Å². The summed E-state index contributed by atoms with van der Waals surface area (Å²) in [6.45, 7) is 8.56. The van der Waals surface area contributed by atoms with Crippen LogP contribution in [0.4, 0.5) is 5.82 Å². The van der Waals surface area contributed by atoms with Crippen molar-refractivity contribution in [3.63, 3.8) is 0 Å². The van der Waals surface area contributed by atoms with Gasteiger partial charge in [0.25, 0.3) is 0 Å². The highest BCUT2D eigenvalue weighted by atomic mass is 16.2. The predicted molar refractivity (Wildman–Crippen MR) is 142 cm³/mol. The van der Waals surface area contributed by atoms with Crippen molar-refractivity contribution in [3.05, 3.63) is 78.4 Å². The molecule has 0 spiro atoms. The van der Waals surface area contributed by atoms with Crippen molar-refractivity contribution in [3.8, 4) is 11.3 Å². The van der Waals surface area contributed by atoms with Crippen LogP contribution in [0.2, 0.25) is 0 Å². The number of anilines is 1. The maximum Gasteiger partial charge on any atom is 0.242 e. The van der Waals surface area contributed by atoms with Gasteiger partial charge >= 0.3 is 0 Å². The number of amides is 2. The molecule has 1 saturated heterocycles. The van der Waals surface area contributed by atoms with Crippen LogP contribution in [0.25, 0.3) is 11.3 Å². The number of nitrogens with zero attached hydrogens (tertiary/aromatic N) is 5. The van der Waals surface area contributed by atoms with Gasteiger partial charge < -0.3 is 14.7 Å². The normalized spacial score (nSPS) is 14.9. The lowest BCUT2D eigenvalue weighted by molar-refractivity contribution is -0.144. The molecule has 0 saturated carbocycles. The van der Waals surface area contributed by atoms with E-state index in [1.165, 1.54) is 0 Å². The summed E-state index contributed by atoms with van der Waals surface area (Å²) < 4.78 is 0. The van der Waals surface area contributed by atoms with Gasteiger partial charge in [-0.2, -0.15) is 0 Å². The lowest BCUT2D eigenvalue weighted by Crippen LogP contribution is -2.46. The first-order chi connectivity index (χ1) is 17.4. The minimum Gasteiger partial charge on any atom is -0.353 e. The van der Waals surface area contributed by atoms with Gasteiger partial charge in [-0.25, -0.2) is 0 Å². The first kappa shape index (κ1) is 25.4. The second-order valence-corrected chi connectivity index (χ2v) is 9.57. The Kier molecular flexibility index (Phi) is 8.31. The number of hydrogen-bond acceptors (Lipinski definition) is 5. The molecule has 1 atom stereocenters. The second kappa shape index (κ2) is 11.8. The van der Waals surface area contributed by atoms with Crippen LogP contribution in [0.1, 0.15) is 38.8 Å². The molecule has 0 unspecified atom stereocenters. The summed E-state index contributed by atoms with van der Waals surface area (Å²) in [5, 5.41) is 8.87. The van der Waals surface area contributed by atoms with Crippen LogP contribution in [-0.2, 0) is 9.59 Å². The largest absolute Gasteiger partial charge is 0.353 e. The summed E-state index contributed by atoms with van der Waals surface area (Å²) in [5.41, 5.74) is 2.90. The Morgan fingerprint density at radius 1 is 0.833 bits per heavy atom. The van der Waals surface area contributed by atoms with Gasteiger partial charge in [-0.15, -0.1) is 10.2 Å². The van der Waals surface area contributed by atoms with Crippen LogP contribution in [-0.4, -0.2) is 64.5 Å². The van der Waals surface area contributed by atoms with Crippen LogP contribution in [0.5, 0.6) is 0 Å². The third-order valence-corrected chi connectivity index (χ3v) is 6.72. The Hall–Kier alpha value is -3.74. The summed E-state index contributed by atoms with van der Waals surface area (Å²) in [5.74, 6) is 0.614. The van der Waals surface area contributed by atoms with E-state index in [1.54, 1.807) is 4.90 Å². The van der Waals surface area contributed by atoms with Crippen molar-refractivity contribution in [1.29, 1.82) is 0 Å². The molecule has 1 aromatic heterocycles.